The zero-order chi connectivity index (χ0) is 14.4. The van der Waals surface area contributed by atoms with Gasteiger partial charge in [-0.2, -0.15) is 0 Å². The van der Waals surface area contributed by atoms with Gasteiger partial charge in [-0.15, -0.1) is 11.3 Å². The molecule has 0 unspecified atom stereocenters. The van der Waals surface area contributed by atoms with Crippen LogP contribution in [0, 0.1) is 5.92 Å². The average Bonchev–Trinajstić information content (AvgIpc) is 2.87. The summed E-state index contributed by atoms with van der Waals surface area (Å²) < 4.78 is 5.68. The summed E-state index contributed by atoms with van der Waals surface area (Å²) in [6.07, 6.45) is 2.30. The van der Waals surface area contributed by atoms with Crippen LogP contribution >= 0.6 is 11.3 Å². The molecule has 0 spiro atoms. The number of fused-ring (bicyclic) bond motifs is 1. The van der Waals surface area contributed by atoms with Crippen LogP contribution in [0.5, 0.6) is 0 Å². The maximum absolute atomic E-state index is 5.68. The van der Waals surface area contributed by atoms with Gasteiger partial charge in [0.25, 0.3) is 0 Å². The van der Waals surface area contributed by atoms with Gasteiger partial charge in [-0.1, -0.05) is 13.8 Å². The molecule has 2 heterocycles. The molecule has 0 aliphatic heterocycles. The molecule has 0 aromatic carbocycles. The highest BCUT2D eigenvalue weighted by atomic mass is 32.1. The van der Waals surface area contributed by atoms with E-state index in [1.807, 2.05) is 5.38 Å². The van der Waals surface area contributed by atoms with Gasteiger partial charge in [0.1, 0.15) is 17.3 Å². The monoisotopic (exact) mass is 293 g/mol. The number of nitrogens with one attached hydrogen (secondary N) is 1. The number of hydrogen-bond donors (Lipinski definition) is 1. The first-order chi connectivity index (χ1) is 9.70. The number of anilines is 1. The van der Waals surface area contributed by atoms with Crippen LogP contribution in [0.3, 0.4) is 0 Å². The Hall–Kier alpha value is -1.20. The van der Waals surface area contributed by atoms with Crippen molar-refractivity contribution < 1.29 is 4.74 Å². The second-order valence-corrected chi connectivity index (χ2v) is 6.14. The summed E-state index contributed by atoms with van der Waals surface area (Å²) in [5.74, 6) is 2.41. The van der Waals surface area contributed by atoms with E-state index in [1.165, 1.54) is 6.42 Å². The van der Waals surface area contributed by atoms with Gasteiger partial charge >= 0.3 is 0 Å². The minimum atomic E-state index is 0.490. The van der Waals surface area contributed by atoms with Crippen LogP contribution in [0.15, 0.2) is 11.4 Å². The molecule has 0 saturated carbocycles. The van der Waals surface area contributed by atoms with Gasteiger partial charge in [-0.05, 0) is 37.1 Å². The van der Waals surface area contributed by atoms with Crippen molar-refractivity contribution >= 4 is 27.4 Å². The lowest BCUT2D eigenvalue weighted by Crippen LogP contribution is -2.06. The van der Waals surface area contributed by atoms with Crippen LogP contribution in [0.1, 0.15) is 39.4 Å². The quantitative estimate of drug-likeness (QED) is 0.745. The topological polar surface area (TPSA) is 47.0 Å². The van der Waals surface area contributed by atoms with Crippen LogP contribution in [-0.2, 0) is 11.3 Å². The molecular weight excluding hydrogens is 270 g/mol. The van der Waals surface area contributed by atoms with E-state index in [9.17, 15) is 0 Å². The normalized spacial score (nSPS) is 11.4. The smallest absolute Gasteiger partial charge is 0.158 e. The predicted molar refractivity (Wildman–Crippen MR) is 85.3 cm³/mol. The molecule has 0 bridgehead atoms. The Kier molecular flexibility index (Phi) is 5.73. The molecule has 0 amide bonds. The van der Waals surface area contributed by atoms with Crippen molar-refractivity contribution in [3.05, 3.63) is 17.3 Å². The largest absolute Gasteiger partial charge is 0.373 e. The summed E-state index contributed by atoms with van der Waals surface area (Å²) in [6, 6.07) is 2.06. The lowest BCUT2D eigenvalue weighted by Gasteiger charge is -2.08. The molecule has 20 heavy (non-hydrogen) atoms. The third-order valence-electron chi connectivity index (χ3n) is 3.02. The summed E-state index contributed by atoms with van der Waals surface area (Å²) in [7, 11) is 0. The summed E-state index contributed by atoms with van der Waals surface area (Å²) in [5, 5.41) is 6.44. The molecule has 4 nitrogen and oxygen atoms in total. The molecule has 0 aliphatic carbocycles. The molecule has 0 fully saturated rings. The van der Waals surface area contributed by atoms with Gasteiger partial charge in [0.2, 0.25) is 0 Å². The molecule has 0 atom stereocenters. The van der Waals surface area contributed by atoms with E-state index in [-0.39, 0.29) is 0 Å². The number of aromatic nitrogens is 2. The van der Waals surface area contributed by atoms with E-state index in [0.717, 1.165) is 47.3 Å². The van der Waals surface area contributed by atoms with E-state index in [4.69, 9.17) is 4.74 Å². The number of hydrogen-bond acceptors (Lipinski definition) is 5. The lowest BCUT2D eigenvalue weighted by atomic mass is 10.1. The number of rotatable bonds is 8. The highest BCUT2D eigenvalue weighted by molar-refractivity contribution is 7.16. The SMILES string of the molecule is CCNc1nc(COCCCC(C)C)nc2sccc12. The number of ether oxygens (including phenoxy) is 1. The minimum Gasteiger partial charge on any atom is -0.373 e. The molecule has 110 valence electrons. The molecule has 2 rings (SSSR count). The van der Waals surface area contributed by atoms with Crippen molar-refractivity contribution in [2.75, 3.05) is 18.5 Å². The van der Waals surface area contributed by atoms with E-state index in [2.05, 4.69) is 42.1 Å². The highest BCUT2D eigenvalue weighted by Crippen LogP contribution is 2.25. The Morgan fingerprint density at radius 2 is 2.20 bits per heavy atom. The van der Waals surface area contributed by atoms with Gasteiger partial charge in [0.05, 0.1) is 5.39 Å². The summed E-state index contributed by atoms with van der Waals surface area (Å²) in [6.45, 7) is 8.66. The van der Waals surface area contributed by atoms with Crippen LogP contribution < -0.4 is 5.32 Å². The summed E-state index contributed by atoms with van der Waals surface area (Å²) in [5.41, 5.74) is 0. The Morgan fingerprint density at radius 1 is 1.35 bits per heavy atom. The van der Waals surface area contributed by atoms with Crippen LogP contribution in [0.25, 0.3) is 10.2 Å². The van der Waals surface area contributed by atoms with Crippen LogP contribution in [0.2, 0.25) is 0 Å². The van der Waals surface area contributed by atoms with Crippen LogP contribution in [-0.4, -0.2) is 23.1 Å². The van der Waals surface area contributed by atoms with Gasteiger partial charge in [-0.3, -0.25) is 0 Å². The van der Waals surface area contributed by atoms with E-state index >= 15 is 0 Å². The maximum atomic E-state index is 5.68. The fourth-order valence-electron chi connectivity index (χ4n) is 2.02. The molecule has 0 radical (unpaired) electrons. The Balaban J connectivity index is 1.95. The maximum Gasteiger partial charge on any atom is 0.158 e. The van der Waals surface area contributed by atoms with Crippen molar-refractivity contribution in [2.45, 2.75) is 40.2 Å². The molecule has 2 aromatic heterocycles. The van der Waals surface area contributed by atoms with Crippen molar-refractivity contribution in [1.82, 2.24) is 9.97 Å². The predicted octanol–water partition coefficient (Wildman–Crippen LogP) is 4.08. The summed E-state index contributed by atoms with van der Waals surface area (Å²) >= 11 is 1.64. The van der Waals surface area contributed by atoms with Crippen molar-refractivity contribution in [3.63, 3.8) is 0 Å². The van der Waals surface area contributed by atoms with E-state index in [0.29, 0.717) is 6.61 Å². The molecule has 0 aliphatic rings. The van der Waals surface area contributed by atoms with Crippen molar-refractivity contribution in [2.24, 2.45) is 5.92 Å². The second-order valence-electron chi connectivity index (χ2n) is 5.25. The highest BCUT2D eigenvalue weighted by Gasteiger charge is 2.08. The molecule has 2 aromatic rings. The van der Waals surface area contributed by atoms with Gasteiger partial charge in [0, 0.05) is 13.2 Å². The molecule has 0 saturated heterocycles. The Bertz CT molecular complexity index is 539. The third kappa shape index (κ3) is 4.15. The van der Waals surface area contributed by atoms with E-state index < -0.39 is 0 Å². The Morgan fingerprint density at radius 3 is 2.95 bits per heavy atom. The zero-order valence-electron chi connectivity index (χ0n) is 12.5. The standard InChI is InChI=1S/C15H23N3OS/c1-4-16-14-12-7-9-20-15(12)18-13(17-14)10-19-8-5-6-11(2)3/h7,9,11H,4-6,8,10H2,1-3H3,(H,16,17,18). The second kappa shape index (κ2) is 7.55. The van der Waals surface area contributed by atoms with E-state index in [1.54, 1.807) is 11.3 Å². The minimum absolute atomic E-state index is 0.490. The lowest BCUT2D eigenvalue weighted by molar-refractivity contribution is 0.110. The first kappa shape index (κ1) is 15.2. The van der Waals surface area contributed by atoms with Crippen LogP contribution in [0.4, 0.5) is 5.82 Å². The number of nitrogens with zero attached hydrogens (tertiary/aromatic N) is 2. The van der Waals surface area contributed by atoms with Gasteiger partial charge in [-0.25, -0.2) is 9.97 Å². The van der Waals surface area contributed by atoms with Gasteiger partial charge < -0.3 is 10.1 Å². The first-order valence-corrected chi connectivity index (χ1v) is 8.14. The zero-order valence-corrected chi connectivity index (χ0v) is 13.3. The number of thiophene rings is 1. The Labute approximate surface area is 124 Å². The molecule has 5 heteroatoms. The average molecular weight is 293 g/mol. The summed E-state index contributed by atoms with van der Waals surface area (Å²) in [4.78, 5) is 10.1. The third-order valence-corrected chi connectivity index (χ3v) is 3.82. The fourth-order valence-corrected chi connectivity index (χ4v) is 2.81. The molecule has 1 N–H and O–H groups in total. The van der Waals surface area contributed by atoms with Crippen molar-refractivity contribution in [1.29, 1.82) is 0 Å². The first-order valence-electron chi connectivity index (χ1n) is 7.26. The van der Waals surface area contributed by atoms with Gasteiger partial charge in [0.15, 0.2) is 5.82 Å². The molecular formula is C15H23N3OS. The fraction of sp³-hybridized carbons (Fsp3) is 0.600. The van der Waals surface area contributed by atoms with Crippen molar-refractivity contribution in [3.8, 4) is 0 Å².